The van der Waals surface area contributed by atoms with Crippen molar-refractivity contribution in [3.63, 3.8) is 0 Å². The fourth-order valence-electron chi connectivity index (χ4n) is 3.96. The molecule has 1 aromatic heterocycles. The summed E-state index contributed by atoms with van der Waals surface area (Å²) < 4.78 is 41.6. The molecule has 0 aliphatic carbocycles. The first-order chi connectivity index (χ1) is 14.5. The predicted octanol–water partition coefficient (Wildman–Crippen LogP) is 3.65. The van der Waals surface area contributed by atoms with Gasteiger partial charge in [0.1, 0.15) is 5.82 Å². The average Bonchev–Trinajstić information content (AvgIpc) is 3.18. The van der Waals surface area contributed by atoms with Gasteiger partial charge in [0.15, 0.2) is 0 Å². The van der Waals surface area contributed by atoms with Crippen molar-refractivity contribution in [3.8, 4) is 0 Å². The van der Waals surface area contributed by atoms with E-state index in [1.165, 1.54) is 16.4 Å². The molecule has 3 rings (SSSR count). The number of halogens is 1. The van der Waals surface area contributed by atoms with E-state index in [9.17, 15) is 12.8 Å². The average molecular weight is 453 g/mol. The Hall–Kier alpha value is -2.04. The standard InChI is InChI=1S/C21H33FN6O2S/c1-13(2)17-11-15(22)12-18(14(3)4)19(17)23-20-24-21(26-25-20)31(29,30)28-9-7-16(8-10-28)27(5)6/h11-14,16H,7-10H2,1-6H3,(H2,23,24,25,26). The third-order valence-electron chi connectivity index (χ3n) is 5.84. The molecule has 1 saturated heterocycles. The summed E-state index contributed by atoms with van der Waals surface area (Å²) in [7, 11) is 0.236. The Morgan fingerprint density at radius 2 is 1.68 bits per heavy atom. The molecule has 0 atom stereocenters. The molecular weight excluding hydrogens is 419 g/mol. The molecule has 10 heteroatoms. The minimum absolute atomic E-state index is 0.0693. The summed E-state index contributed by atoms with van der Waals surface area (Å²) in [5.41, 5.74) is 2.34. The van der Waals surface area contributed by atoms with E-state index < -0.39 is 10.0 Å². The Morgan fingerprint density at radius 1 is 1.13 bits per heavy atom. The van der Waals surface area contributed by atoms with Crippen molar-refractivity contribution in [1.29, 1.82) is 0 Å². The third-order valence-corrected chi connectivity index (χ3v) is 7.53. The number of nitrogens with one attached hydrogen (secondary N) is 2. The first-order valence-electron chi connectivity index (χ1n) is 10.7. The molecule has 31 heavy (non-hydrogen) atoms. The van der Waals surface area contributed by atoms with Gasteiger partial charge in [-0.25, -0.2) is 17.9 Å². The molecule has 2 heterocycles. The summed E-state index contributed by atoms with van der Waals surface area (Å²) in [6.45, 7) is 8.82. The molecule has 2 N–H and O–H groups in total. The lowest BCUT2D eigenvalue weighted by atomic mass is 9.92. The van der Waals surface area contributed by atoms with Crippen LogP contribution in [0.5, 0.6) is 0 Å². The van der Waals surface area contributed by atoms with Crippen LogP contribution in [0.1, 0.15) is 63.5 Å². The molecule has 0 radical (unpaired) electrons. The molecule has 0 bridgehead atoms. The van der Waals surface area contributed by atoms with Gasteiger partial charge in [-0.1, -0.05) is 27.7 Å². The topological polar surface area (TPSA) is 94.2 Å². The van der Waals surface area contributed by atoms with Gasteiger partial charge in [0.05, 0.1) is 0 Å². The molecule has 172 valence electrons. The summed E-state index contributed by atoms with van der Waals surface area (Å²) in [6.07, 6.45) is 1.54. The van der Waals surface area contributed by atoms with Gasteiger partial charge in [0.25, 0.3) is 15.2 Å². The smallest absolute Gasteiger partial charge is 0.284 e. The number of sulfonamides is 1. The summed E-state index contributed by atoms with van der Waals surface area (Å²) in [5.74, 6) is 0.0664. The van der Waals surface area contributed by atoms with E-state index in [1.807, 2.05) is 41.8 Å². The number of H-pyrrole nitrogens is 1. The number of hydrogen-bond donors (Lipinski definition) is 2. The second-order valence-electron chi connectivity index (χ2n) is 8.96. The van der Waals surface area contributed by atoms with E-state index in [2.05, 4.69) is 25.4 Å². The lowest BCUT2D eigenvalue weighted by molar-refractivity contribution is 0.196. The van der Waals surface area contributed by atoms with Crippen LogP contribution < -0.4 is 5.32 Å². The van der Waals surface area contributed by atoms with Crippen LogP contribution in [0.25, 0.3) is 0 Å². The minimum atomic E-state index is -3.78. The molecule has 0 unspecified atom stereocenters. The van der Waals surface area contributed by atoms with E-state index in [4.69, 9.17) is 0 Å². The van der Waals surface area contributed by atoms with Crippen LogP contribution in [0.15, 0.2) is 17.3 Å². The van der Waals surface area contributed by atoms with E-state index >= 15 is 0 Å². The van der Waals surface area contributed by atoms with Crippen molar-refractivity contribution >= 4 is 21.7 Å². The Kier molecular flexibility index (Phi) is 7.02. The maximum atomic E-state index is 14.2. The minimum Gasteiger partial charge on any atom is -0.324 e. The van der Waals surface area contributed by atoms with Crippen molar-refractivity contribution in [2.24, 2.45) is 0 Å². The van der Waals surface area contributed by atoms with Crippen LogP contribution in [0.4, 0.5) is 16.0 Å². The fraction of sp³-hybridized carbons (Fsp3) is 0.619. The van der Waals surface area contributed by atoms with Gasteiger partial charge in [0, 0.05) is 24.8 Å². The zero-order valence-electron chi connectivity index (χ0n) is 19.1. The zero-order valence-corrected chi connectivity index (χ0v) is 19.9. The highest BCUT2D eigenvalue weighted by Gasteiger charge is 2.33. The lowest BCUT2D eigenvalue weighted by Gasteiger charge is -2.33. The van der Waals surface area contributed by atoms with Gasteiger partial charge in [0.2, 0.25) is 5.95 Å². The summed E-state index contributed by atoms with van der Waals surface area (Å²) in [4.78, 5) is 6.34. The van der Waals surface area contributed by atoms with E-state index in [1.54, 1.807) is 0 Å². The van der Waals surface area contributed by atoms with Crippen LogP contribution in [-0.4, -0.2) is 66.0 Å². The third kappa shape index (κ3) is 5.07. The van der Waals surface area contributed by atoms with Gasteiger partial charge >= 0.3 is 0 Å². The first-order valence-corrected chi connectivity index (χ1v) is 12.1. The quantitative estimate of drug-likeness (QED) is 0.666. The van der Waals surface area contributed by atoms with Crippen LogP contribution in [0, 0.1) is 5.82 Å². The number of anilines is 2. The van der Waals surface area contributed by atoms with Gasteiger partial charge in [-0.3, -0.25) is 0 Å². The number of aromatic nitrogens is 3. The first kappa shape index (κ1) is 23.6. The van der Waals surface area contributed by atoms with Crippen molar-refractivity contribution < 1.29 is 12.8 Å². The Bertz CT molecular complexity index is 982. The molecule has 1 aromatic carbocycles. The normalized spacial score (nSPS) is 16.6. The molecule has 0 saturated carbocycles. The summed E-state index contributed by atoms with van der Waals surface area (Å²) >= 11 is 0. The number of hydrogen-bond acceptors (Lipinski definition) is 6. The molecule has 1 fully saturated rings. The molecule has 1 aliphatic heterocycles. The van der Waals surface area contributed by atoms with Gasteiger partial charge < -0.3 is 10.2 Å². The highest BCUT2D eigenvalue weighted by molar-refractivity contribution is 7.88. The van der Waals surface area contributed by atoms with Crippen molar-refractivity contribution in [2.45, 2.75) is 63.6 Å². The molecule has 0 spiro atoms. The highest BCUT2D eigenvalue weighted by Crippen LogP contribution is 2.35. The van der Waals surface area contributed by atoms with E-state index in [0.29, 0.717) is 19.1 Å². The molecule has 2 aromatic rings. The Labute approximate surface area is 184 Å². The number of nitrogens with zero attached hydrogens (tertiary/aromatic N) is 4. The molecule has 8 nitrogen and oxygen atoms in total. The van der Waals surface area contributed by atoms with E-state index in [0.717, 1.165) is 29.7 Å². The Morgan fingerprint density at radius 3 is 2.16 bits per heavy atom. The fourth-order valence-corrected chi connectivity index (χ4v) is 5.25. The lowest BCUT2D eigenvalue weighted by Crippen LogP contribution is -2.44. The maximum absolute atomic E-state index is 14.2. The number of rotatable bonds is 7. The van der Waals surface area contributed by atoms with Crippen molar-refractivity contribution in [2.75, 3.05) is 32.5 Å². The van der Waals surface area contributed by atoms with Crippen LogP contribution in [0.3, 0.4) is 0 Å². The molecule has 0 amide bonds. The van der Waals surface area contributed by atoms with E-state index in [-0.39, 0.29) is 28.8 Å². The van der Waals surface area contributed by atoms with Crippen LogP contribution >= 0.6 is 0 Å². The van der Waals surface area contributed by atoms with Gasteiger partial charge in [-0.15, -0.1) is 5.10 Å². The van der Waals surface area contributed by atoms with Crippen LogP contribution in [0.2, 0.25) is 0 Å². The molecule has 1 aliphatic rings. The van der Waals surface area contributed by atoms with Crippen molar-refractivity contribution in [3.05, 3.63) is 29.1 Å². The Balaban J connectivity index is 1.85. The van der Waals surface area contributed by atoms with Crippen molar-refractivity contribution in [1.82, 2.24) is 24.4 Å². The summed E-state index contributed by atoms with van der Waals surface area (Å²) in [6, 6.07) is 3.38. The number of aromatic amines is 1. The monoisotopic (exact) mass is 452 g/mol. The number of benzene rings is 1. The largest absolute Gasteiger partial charge is 0.324 e. The second-order valence-corrected chi connectivity index (χ2v) is 10.8. The molecular formula is C21H33FN6O2S. The van der Waals surface area contributed by atoms with Gasteiger partial charge in [-0.05, 0) is 62.0 Å². The SMILES string of the molecule is CC(C)c1cc(F)cc(C(C)C)c1Nc1nc(S(=O)(=O)N2CCC(N(C)C)CC2)n[nH]1. The predicted molar refractivity (Wildman–Crippen MR) is 120 cm³/mol. The van der Waals surface area contributed by atoms with Crippen LogP contribution in [-0.2, 0) is 10.0 Å². The summed E-state index contributed by atoms with van der Waals surface area (Å²) in [5, 5.41) is 9.57. The number of piperidine rings is 1. The second kappa shape index (κ2) is 9.22. The maximum Gasteiger partial charge on any atom is 0.284 e. The highest BCUT2D eigenvalue weighted by atomic mass is 32.2. The van der Waals surface area contributed by atoms with Gasteiger partial charge in [-0.2, -0.15) is 9.29 Å². The zero-order chi connectivity index (χ0) is 22.9.